The summed E-state index contributed by atoms with van der Waals surface area (Å²) >= 11 is 0. The summed E-state index contributed by atoms with van der Waals surface area (Å²) < 4.78 is 26.0. The zero-order chi connectivity index (χ0) is 81.3. The third kappa shape index (κ3) is 26.7. The van der Waals surface area contributed by atoms with Crippen molar-refractivity contribution in [1.82, 2.24) is 5.32 Å². The van der Waals surface area contributed by atoms with E-state index in [2.05, 4.69) is 196 Å². The van der Waals surface area contributed by atoms with Gasteiger partial charge < -0.3 is 74.6 Å². The minimum Gasteiger partial charge on any atom is -0.497 e. The lowest BCUT2D eigenvalue weighted by Gasteiger charge is -2.36. The van der Waals surface area contributed by atoms with Crippen molar-refractivity contribution in [3.63, 3.8) is 0 Å². The van der Waals surface area contributed by atoms with Gasteiger partial charge in [-0.3, -0.25) is 4.79 Å². The molecule has 608 valence electrons. The molecule has 7 atom stereocenters. The summed E-state index contributed by atoms with van der Waals surface area (Å²) in [6.07, 6.45) is 13.2. The van der Waals surface area contributed by atoms with Crippen LogP contribution >= 0.6 is 0 Å². The molecule has 16 nitrogen and oxygen atoms in total. The number of carbonyl (C=O) groups is 1. The molecule has 5 saturated heterocycles. The van der Waals surface area contributed by atoms with E-state index < -0.39 is 7.12 Å². The number of nitrogens with one attached hydrogen (secondary N) is 1. The number of nitrogens with two attached hydrogens (primary N) is 1. The highest BCUT2D eigenvalue weighted by atomic mass is 16.5. The van der Waals surface area contributed by atoms with Crippen molar-refractivity contribution in [3.8, 4) is 28.7 Å². The van der Waals surface area contributed by atoms with E-state index in [4.69, 9.17) is 44.6 Å². The molecule has 0 radical (unpaired) electrons. The summed E-state index contributed by atoms with van der Waals surface area (Å²) in [7, 11) is 6.91. The standard InChI is InChI=1S/2C25H29NO.C12H17NO2.C12H15NO2.C12H13N.C7H9BO3.C5H11NO/c2*1-19(24-14-5-10-21-9-3-4-13-25(21)24)16-20-8-7-15-26(18-20)22-11-6-12-23(17-22)27-2;2*1-15-12-6-2-4-10(8-12)13-7-3-5-11(14)9-13;1-9(13)11-8-4-6-10-5-2-3-7-12(10)11;1-11-7-4-2-3-6(5-7)8(9)10;7-5-2-1-3-6-4-5/h2*3-6,9-14,17,19-20H,7-8,15-16,18H2,1-2H3;2,4,6,8,11,14H,3,5,7,9H2,1H3;2,4,6,8H,3,5,7,9H2,1H3;2-9H,13H2,1H3;2-5,9-10H,1H3;5-7H,1-4H2/t19-,20+;19-,20-;;;9-;;/m00..1../s1. The number of carbonyl (C=O) groups excluding carboxylic acids is 1. The molecule has 5 aliphatic heterocycles. The van der Waals surface area contributed by atoms with Crippen molar-refractivity contribution in [1.29, 1.82) is 0 Å². The normalized spacial score (nSPS) is 18.0. The van der Waals surface area contributed by atoms with Crippen LogP contribution in [0.5, 0.6) is 28.7 Å². The Balaban J connectivity index is 0.000000148. The molecular weight excluding hydrogens is 1430 g/mol. The number of rotatable bonds is 17. The Hall–Kier alpha value is -10.1. The van der Waals surface area contributed by atoms with Gasteiger partial charge in [0.25, 0.3) is 0 Å². The second-order valence-corrected chi connectivity index (χ2v) is 30.9. The summed E-state index contributed by atoms with van der Waals surface area (Å²) in [6, 6.07) is 85.2. The summed E-state index contributed by atoms with van der Waals surface area (Å²) in [4.78, 5) is 20.7. The van der Waals surface area contributed by atoms with Gasteiger partial charge in [-0.25, -0.2) is 0 Å². The molecule has 11 aromatic rings. The first kappa shape index (κ1) is 87.3. The quantitative estimate of drug-likeness (QED) is 0.0471. The Morgan fingerprint density at radius 2 is 0.765 bits per heavy atom. The number of benzene rings is 11. The molecule has 5 aliphatic rings. The lowest BCUT2D eigenvalue weighted by Crippen LogP contribution is -2.38. The fraction of sp³-hybridized carbons (Fsp3) is 0.378. The van der Waals surface area contributed by atoms with Crippen LogP contribution in [0.4, 0.5) is 22.7 Å². The van der Waals surface area contributed by atoms with Crippen LogP contribution in [-0.2, 0) is 4.79 Å². The van der Waals surface area contributed by atoms with E-state index in [0.29, 0.717) is 35.4 Å². The number of β-amino-alcohol motifs (C(OH)–C–C–N with tert-alkyl or cyclic N) is 2. The molecule has 0 bridgehead atoms. The lowest BCUT2D eigenvalue weighted by atomic mass is 9.80. The van der Waals surface area contributed by atoms with Crippen LogP contribution in [0.1, 0.15) is 132 Å². The van der Waals surface area contributed by atoms with E-state index in [0.717, 1.165) is 144 Å². The van der Waals surface area contributed by atoms with Crippen LogP contribution in [-0.4, -0.2) is 146 Å². The summed E-state index contributed by atoms with van der Waals surface area (Å²) in [5, 5.41) is 47.1. The van der Waals surface area contributed by atoms with E-state index in [9.17, 15) is 9.90 Å². The number of hydrogen-bond donors (Lipinski definition) is 6. The van der Waals surface area contributed by atoms with Crippen LogP contribution < -0.4 is 59.8 Å². The molecule has 17 heteroatoms. The number of piperidine rings is 5. The van der Waals surface area contributed by atoms with Crippen LogP contribution in [0.3, 0.4) is 0 Å². The smallest absolute Gasteiger partial charge is 0.488 e. The van der Waals surface area contributed by atoms with Gasteiger partial charge in [0.05, 0.1) is 54.3 Å². The Labute approximate surface area is 683 Å². The molecule has 0 aliphatic carbocycles. The van der Waals surface area contributed by atoms with Crippen LogP contribution in [0, 0.1) is 11.8 Å². The molecule has 11 aromatic carbocycles. The van der Waals surface area contributed by atoms with Crippen molar-refractivity contribution in [2.75, 3.05) is 121 Å². The van der Waals surface area contributed by atoms with E-state index in [1.807, 2.05) is 73.7 Å². The van der Waals surface area contributed by atoms with E-state index in [1.165, 1.54) is 106 Å². The fourth-order valence-electron chi connectivity index (χ4n) is 16.4. The van der Waals surface area contributed by atoms with Gasteiger partial charge in [-0.1, -0.05) is 178 Å². The van der Waals surface area contributed by atoms with Crippen LogP contribution in [0.15, 0.2) is 249 Å². The molecule has 0 aromatic heterocycles. The molecule has 115 heavy (non-hydrogen) atoms. The first-order valence-electron chi connectivity index (χ1n) is 41.3. The number of aliphatic hydroxyl groups excluding tert-OH is 2. The molecule has 5 fully saturated rings. The van der Waals surface area contributed by atoms with Gasteiger partial charge in [-0.05, 0) is 223 Å². The molecule has 0 spiro atoms. The Morgan fingerprint density at radius 3 is 1.15 bits per heavy atom. The van der Waals surface area contributed by atoms with Gasteiger partial charge in [-0.2, -0.15) is 0 Å². The molecule has 7 N–H and O–H groups in total. The summed E-state index contributed by atoms with van der Waals surface area (Å²) in [5.41, 5.74) is 15.3. The molecule has 0 amide bonds. The van der Waals surface area contributed by atoms with Crippen molar-refractivity contribution in [3.05, 3.63) is 265 Å². The molecule has 0 saturated carbocycles. The second-order valence-electron chi connectivity index (χ2n) is 30.9. The summed E-state index contributed by atoms with van der Waals surface area (Å²) in [6.45, 7) is 16.5. The number of anilines is 4. The highest BCUT2D eigenvalue weighted by molar-refractivity contribution is 6.58. The zero-order valence-electron chi connectivity index (χ0n) is 69.0. The maximum atomic E-state index is 11.3. The van der Waals surface area contributed by atoms with Gasteiger partial charge in [0, 0.05) is 112 Å². The van der Waals surface area contributed by atoms with Crippen molar-refractivity contribution in [2.45, 2.75) is 128 Å². The predicted octanol–water partition coefficient (Wildman–Crippen LogP) is 18.0. The van der Waals surface area contributed by atoms with E-state index in [1.54, 1.807) is 52.7 Å². The van der Waals surface area contributed by atoms with Gasteiger partial charge >= 0.3 is 7.12 Å². The molecular formula is C98H123BN6O10. The molecule has 5 heterocycles. The van der Waals surface area contributed by atoms with Gasteiger partial charge in [0.1, 0.15) is 28.7 Å². The number of Topliss-reactive ketones (excluding diaryl/α,β-unsaturated/α-hetero) is 1. The third-order valence-electron chi connectivity index (χ3n) is 22.4. The number of fused-ring (bicyclic) bond motifs is 3. The largest absolute Gasteiger partial charge is 0.497 e. The monoisotopic (exact) mass is 1550 g/mol. The average Bonchev–Trinajstić information content (AvgIpc) is 0.811. The van der Waals surface area contributed by atoms with Crippen molar-refractivity contribution in [2.24, 2.45) is 17.6 Å². The highest BCUT2D eigenvalue weighted by Crippen LogP contribution is 2.38. The lowest BCUT2D eigenvalue weighted by molar-refractivity contribution is -0.118. The Bertz CT molecular complexity index is 4560. The first-order chi connectivity index (χ1) is 56.0. The van der Waals surface area contributed by atoms with Crippen LogP contribution in [0.25, 0.3) is 32.3 Å². The number of hydrogen-bond acceptors (Lipinski definition) is 16. The maximum absolute atomic E-state index is 11.3. The number of methoxy groups -OCH3 is 5. The van der Waals surface area contributed by atoms with E-state index in [-0.39, 0.29) is 18.2 Å². The average molecular weight is 1560 g/mol. The number of ketones is 1. The first-order valence-corrected chi connectivity index (χ1v) is 41.3. The maximum Gasteiger partial charge on any atom is 0.488 e. The fourth-order valence-corrected chi connectivity index (χ4v) is 16.4. The zero-order valence-corrected chi connectivity index (χ0v) is 69.0. The predicted molar refractivity (Wildman–Crippen MR) is 477 cm³/mol. The molecule has 2 unspecified atom stereocenters. The SMILES string of the molecule is COc1cccc(B(O)O)c1.COc1cccc(N2CCCC(=O)C2)c1.COc1cccc(N2CCCC(O)C2)c1.COc1cccc(N2CCC[C@@H](C[C@H](C)c3cccc4ccccc34)C2)c1.COc1cccc(N2CCC[C@H](C[C@H](C)c3cccc4ccccc34)C2)c1.C[C@@H](N)c1cccc2ccccc12.OC1CCCNC1. The summed E-state index contributed by atoms with van der Waals surface area (Å²) in [5.74, 6) is 7.16. The minimum absolute atomic E-state index is 0.0752. The third-order valence-corrected chi connectivity index (χ3v) is 22.4. The number of ether oxygens (including phenoxy) is 5. The Kier molecular flexibility index (Phi) is 34.8. The van der Waals surface area contributed by atoms with Gasteiger partial charge in [0.15, 0.2) is 5.78 Å². The van der Waals surface area contributed by atoms with Gasteiger partial charge in [-0.15, -0.1) is 0 Å². The minimum atomic E-state index is -1.43. The second kappa shape index (κ2) is 45.8. The molecule has 16 rings (SSSR count). The van der Waals surface area contributed by atoms with E-state index >= 15 is 0 Å². The number of nitrogens with zero attached hydrogens (tertiary/aromatic N) is 4. The van der Waals surface area contributed by atoms with Crippen LogP contribution in [0.2, 0.25) is 0 Å². The number of aliphatic hydroxyl groups is 2. The Morgan fingerprint density at radius 1 is 0.409 bits per heavy atom. The van der Waals surface area contributed by atoms with Crippen molar-refractivity contribution < 1.29 is 48.7 Å². The van der Waals surface area contributed by atoms with Crippen molar-refractivity contribution >= 4 is 73.4 Å². The highest BCUT2D eigenvalue weighted by Gasteiger charge is 2.27. The van der Waals surface area contributed by atoms with Gasteiger partial charge in [0.2, 0.25) is 0 Å². The topological polar surface area (TPSA) is 195 Å².